The zero-order valence-electron chi connectivity index (χ0n) is 15.2. The fourth-order valence-electron chi connectivity index (χ4n) is 3.73. The van der Waals surface area contributed by atoms with Crippen molar-refractivity contribution in [1.82, 2.24) is 15.6 Å². The Labute approximate surface area is 166 Å². The van der Waals surface area contributed by atoms with E-state index < -0.39 is 0 Å². The van der Waals surface area contributed by atoms with Crippen molar-refractivity contribution in [3.63, 3.8) is 0 Å². The number of carbonyl (C=O) groups is 1. The fourth-order valence-corrected chi connectivity index (χ4v) is 4.45. The second kappa shape index (κ2) is 6.85. The molecule has 140 valence electrons. The van der Waals surface area contributed by atoms with Gasteiger partial charge >= 0.3 is 0 Å². The smallest absolute Gasteiger partial charge is 0.274 e. The molecule has 0 bridgehead atoms. The van der Waals surface area contributed by atoms with Crippen LogP contribution in [0.2, 0.25) is 0 Å². The fraction of sp³-hybridized carbons (Fsp3) is 0.190. The van der Waals surface area contributed by atoms with Crippen LogP contribution in [0, 0.1) is 0 Å². The molecule has 2 heterocycles. The monoisotopic (exact) mass is 390 g/mol. The number of fused-ring (bicyclic) bond motifs is 2. The summed E-state index contributed by atoms with van der Waals surface area (Å²) < 4.78 is 6.72. The van der Waals surface area contributed by atoms with Crippen molar-refractivity contribution in [2.75, 3.05) is 7.11 Å². The Hall–Kier alpha value is -3.03. The van der Waals surface area contributed by atoms with Gasteiger partial charge in [-0.2, -0.15) is 0 Å². The minimum Gasteiger partial charge on any atom is -0.379 e. The highest BCUT2D eigenvalue weighted by Gasteiger charge is 2.33. The molecule has 6 nitrogen and oxygen atoms in total. The van der Waals surface area contributed by atoms with Gasteiger partial charge in [0.15, 0.2) is 0 Å². The van der Waals surface area contributed by atoms with E-state index in [1.54, 1.807) is 18.4 Å². The summed E-state index contributed by atoms with van der Waals surface area (Å²) in [6.07, 6.45) is 2.61. The molecule has 3 aromatic rings. The van der Waals surface area contributed by atoms with Crippen molar-refractivity contribution in [3.05, 3.63) is 70.4 Å². The molecule has 2 N–H and O–H groups in total. The van der Waals surface area contributed by atoms with Crippen LogP contribution in [0.15, 0.2) is 58.7 Å². The van der Waals surface area contributed by atoms with E-state index in [0.717, 1.165) is 27.8 Å². The van der Waals surface area contributed by atoms with E-state index in [1.807, 2.05) is 41.9 Å². The molecule has 0 saturated carbocycles. The number of thiazole rings is 1. The summed E-state index contributed by atoms with van der Waals surface area (Å²) in [6, 6.07) is 14.0. The van der Waals surface area contributed by atoms with Crippen LogP contribution in [-0.4, -0.2) is 30.1 Å². The summed E-state index contributed by atoms with van der Waals surface area (Å²) in [4.78, 5) is 21.4. The lowest BCUT2D eigenvalue weighted by molar-refractivity contribution is -0.115. The Bertz CT molecular complexity index is 1130. The van der Waals surface area contributed by atoms with Crippen molar-refractivity contribution in [2.45, 2.75) is 18.6 Å². The third-order valence-electron chi connectivity index (χ3n) is 5.11. The number of ether oxygens (including phenoxy) is 1. The number of aromatic nitrogens is 1. The quantitative estimate of drug-likeness (QED) is 0.674. The van der Waals surface area contributed by atoms with E-state index in [9.17, 15) is 4.79 Å². The van der Waals surface area contributed by atoms with Crippen LogP contribution in [-0.2, 0) is 16.0 Å². The number of amides is 1. The number of guanidine groups is 1. The lowest BCUT2D eigenvalue weighted by Gasteiger charge is -2.15. The predicted octanol–water partition coefficient (Wildman–Crippen LogP) is 3.03. The zero-order chi connectivity index (χ0) is 19.1. The summed E-state index contributed by atoms with van der Waals surface area (Å²) in [5.74, 6) is 0.266. The van der Waals surface area contributed by atoms with Crippen LogP contribution in [0.1, 0.15) is 22.7 Å². The molecule has 2 aromatic carbocycles. The van der Waals surface area contributed by atoms with Crippen molar-refractivity contribution < 1.29 is 9.53 Å². The van der Waals surface area contributed by atoms with Crippen LogP contribution < -0.4 is 10.6 Å². The highest BCUT2D eigenvalue weighted by atomic mass is 32.1. The number of hydrogen-bond acceptors (Lipinski definition) is 5. The normalized spacial score (nSPS) is 24.0. The van der Waals surface area contributed by atoms with Crippen molar-refractivity contribution >= 4 is 39.5 Å². The van der Waals surface area contributed by atoms with E-state index in [4.69, 9.17) is 9.73 Å². The summed E-state index contributed by atoms with van der Waals surface area (Å²) >= 11 is 1.58. The maximum atomic E-state index is 12.4. The van der Waals surface area contributed by atoms with Gasteiger partial charge in [-0.3, -0.25) is 10.1 Å². The van der Waals surface area contributed by atoms with Gasteiger partial charge in [0.25, 0.3) is 5.91 Å². The molecule has 1 aliphatic heterocycles. The van der Waals surface area contributed by atoms with Gasteiger partial charge in [0.1, 0.15) is 11.7 Å². The molecule has 1 fully saturated rings. The van der Waals surface area contributed by atoms with Gasteiger partial charge in [-0.15, -0.1) is 11.3 Å². The average Bonchev–Trinajstić information content (AvgIpc) is 3.40. The number of rotatable bonds is 3. The molecule has 0 unspecified atom stereocenters. The van der Waals surface area contributed by atoms with Gasteiger partial charge in [0, 0.05) is 13.5 Å². The summed E-state index contributed by atoms with van der Waals surface area (Å²) in [7, 11) is 1.70. The highest BCUT2D eigenvalue weighted by Crippen LogP contribution is 2.36. The number of hydrogen-bond donors (Lipinski definition) is 2. The Balaban J connectivity index is 1.43. The molecule has 1 amide bonds. The first-order valence-electron chi connectivity index (χ1n) is 9.03. The van der Waals surface area contributed by atoms with E-state index in [1.165, 1.54) is 5.56 Å². The van der Waals surface area contributed by atoms with Gasteiger partial charge in [-0.1, -0.05) is 30.3 Å². The maximum Gasteiger partial charge on any atom is 0.274 e. The number of carbonyl (C=O) groups excluding carboxylic acids is 1. The minimum absolute atomic E-state index is 0.0367. The number of aliphatic imine (C=N–C) groups is 1. The van der Waals surface area contributed by atoms with E-state index >= 15 is 0 Å². The second-order valence-corrected chi connectivity index (χ2v) is 7.70. The van der Waals surface area contributed by atoms with E-state index in [2.05, 4.69) is 27.8 Å². The number of methoxy groups -OCH3 is 1. The number of nitrogens with one attached hydrogen (secondary N) is 2. The Kier molecular flexibility index (Phi) is 4.18. The summed E-state index contributed by atoms with van der Waals surface area (Å²) in [5, 5.41) is 5.94. The molecule has 0 radical (unpaired) electrons. The second-order valence-electron chi connectivity index (χ2n) is 6.82. The van der Waals surface area contributed by atoms with Gasteiger partial charge in [-0.25, -0.2) is 9.98 Å². The maximum absolute atomic E-state index is 12.4. The molecule has 0 spiro atoms. The Morgan fingerprint density at radius 2 is 2.14 bits per heavy atom. The van der Waals surface area contributed by atoms with Crippen LogP contribution in [0.4, 0.5) is 0 Å². The largest absolute Gasteiger partial charge is 0.379 e. The van der Waals surface area contributed by atoms with Gasteiger partial charge in [0.2, 0.25) is 5.96 Å². The first-order valence-corrected chi connectivity index (χ1v) is 9.91. The van der Waals surface area contributed by atoms with Gasteiger partial charge in [0.05, 0.1) is 21.8 Å². The molecule has 1 aromatic heterocycles. The molecule has 7 heteroatoms. The molecular formula is C21H18N4O2S. The zero-order valence-corrected chi connectivity index (χ0v) is 16.0. The van der Waals surface area contributed by atoms with Crippen LogP contribution in [0.3, 0.4) is 0 Å². The van der Waals surface area contributed by atoms with Crippen molar-refractivity contribution in [2.24, 2.45) is 4.99 Å². The van der Waals surface area contributed by atoms with Gasteiger partial charge in [-0.05, 0) is 34.9 Å². The third kappa shape index (κ3) is 2.98. The summed E-state index contributed by atoms with van der Waals surface area (Å²) in [6.45, 7) is 0. The average molecular weight is 390 g/mol. The molecular weight excluding hydrogens is 372 g/mol. The predicted molar refractivity (Wildman–Crippen MR) is 110 cm³/mol. The molecule has 1 saturated heterocycles. The highest BCUT2D eigenvalue weighted by molar-refractivity contribution is 7.16. The molecule has 1 aliphatic carbocycles. The van der Waals surface area contributed by atoms with E-state index in [-0.39, 0.29) is 18.1 Å². The topological polar surface area (TPSA) is 75.6 Å². The van der Waals surface area contributed by atoms with Crippen LogP contribution >= 0.6 is 11.3 Å². The van der Waals surface area contributed by atoms with Gasteiger partial charge < -0.3 is 10.1 Å². The number of nitrogens with zero attached hydrogens (tertiary/aromatic N) is 2. The van der Waals surface area contributed by atoms with Crippen LogP contribution in [0.5, 0.6) is 0 Å². The standard InChI is InChI=1S/C21H18N4O2S/c1-27-17-10-13-4-2-3-5-14(13)19(17)24-21-23-16(20(26)25-21)8-12-6-7-15-18(9-12)28-11-22-15/h2-9,11,17,19H,10H2,1H3,(H2,23,24,25,26)/b16-8-/t17-,19+/m0/s1. The lowest BCUT2D eigenvalue weighted by atomic mass is 10.1. The summed E-state index contributed by atoms with van der Waals surface area (Å²) in [5.41, 5.74) is 6.58. The lowest BCUT2D eigenvalue weighted by Crippen LogP contribution is -2.28. The minimum atomic E-state index is -0.191. The molecule has 2 aliphatic rings. The van der Waals surface area contributed by atoms with Crippen molar-refractivity contribution in [3.8, 4) is 0 Å². The first kappa shape index (κ1) is 17.1. The molecule has 28 heavy (non-hydrogen) atoms. The van der Waals surface area contributed by atoms with E-state index in [0.29, 0.717) is 11.7 Å². The number of benzene rings is 2. The van der Waals surface area contributed by atoms with Crippen LogP contribution in [0.25, 0.3) is 16.3 Å². The first-order chi connectivity index (χ1) is 13.7. The molecule has 2 atom stereocenters. The van der Waals surface area contributed by atoms with Crippen molar-refractivity contribution in [1.29, 1.82) is 0 Å². The Morgan fingerprint density at radius 1 is 1.25 bits per heavy atom. The Morgan fingerprint density at radius 3 is 3.04 bits per heavy atom. The SMILES string of the molecule is CO[C@H]1Cc2ccccc2[C@H]1N=C1NC(=O)/C(=C/c2ccc3ncsc3c2)N1. The third-order valence-corrected chi connectivity index (χ3v) is 5.91. The molecule has 5 rings (SSSR count).